The van der Waals surface area contributed by atoms with E-state index in [1.165, 1.54) is 0 Å². The molecular formula is C18H24ClNO3. The average Bonchev–Trinajstić information content (AvgIpc) is 2.54. The molecule has 1 saturated heterocycles. The van der Waals surface area contributed by atoms with Gasteiger partial charge in [-0.2, -0.15) is 0 Å². The van der Waals surface area contributed by atoms with Gasteiger partial charge in [0.05, 0.1) is 6.10 Å². The van der Waals surface area contributed by atoms with Crippen LogP contribution in [0.2, 0.25) is 5.02 Å². The van der Waals surface area contributed by atoms with Gasteiger partial charge in [-0.3, -0.25) is 9.59 Å². The lowest BCUT2D eigenvalue weighted by atomic mass is 9.92. The number of rotatable bonds is 5. The molecule has 1 amide bonds. The molecule has 0 radical (unpaired) electrons. The van der Waals surface area contributed by atoms with Crippen molar-refractivity contribution in [1.82, 2.24) is 4.90 Å². The first kappa shape index (κ1) is 18.0. The van der Waals surface area contributed by atoms with Gasteiger partial charge in [-0.15, -0.1) is 0 Å². The molecule has 1 N–H and O–H groups in total. The van der Waals surface area contributed by atoms with Crippen LogP contribution in [0.25, 0.3) is 0 Å². The number of benzene rings is 1. The fourth-order valence-electron chi connectivity index (χ4n) is 3.01. The van der Waals surface area contributed by atoms with Crippen LogP contribution >= 0.6 is 11.6 Å². The normalized spacial score (nSPS) is 20.9. The number of piperidine rings is 1. The Hall–Kier alpha value is -1.39. The first-order valence-electron chi connectivity index (χ1n) is 8.14. The van der Waals surface area contributed by atoms with Crippen molar-refractivity contribution >= 4 is 23.3 Å². The quantitative estimate of drug-likeness (QED) is 0.840. The number of amides is 1. The number of hydrogen-bond acceptors (Lipinski definition) is 3. The molecule has 1 aliphatic heterocycles. The van der Waals surface area contributed by atoms with Gasteiger partial charge in [-0.05, 0) is 44.0 Å². The molecule has 0 saturated carbocycles. The molecule has 4 nitrogen and oxygen atoms in total. The molecule has 23 heavy (non-hydrogen) atoms. The van der Waals surface area contributed by atoms with Gasteiger partial charge in [-0.1, -0.05) is 18.5 Å². The maximum Gasteiger partial charge on any atom is 0.223 e. The maximum absolute atomic E-state index is 12.4. The van der Waals surface area contributed by atoms with E-state index in [9.17, 15) is 14.7 Å². The van der Waals surface area contributed by atoms with Crippen molar-refractivity contribution in [2.45, 2.75) is 39.2 Å². The summed E-state index contributed by atoms with van der Waals surface area (Å²) in [6, 6.07) is 6.74. The summed E-state index contributed by atoms with van der Waals surface area (Å²) in [6.07, 6.45) is 1.65. The summed E-state index contributed by atoms with van der Waals surface area (Å²) < 4.78 is 0. The van der Waals surface area contributed by atoms with Gasteiger partial charge >= 0.3 is 0 Å². The van der Waals surface area contributed by atoms with Crippen LogP contribution in [0.4, 0.5) is 0 Å². The maximum atomic E-state index is 12.4. The summed E-state index contributed by atoms with van der Waals surface area (Å²) in [5.41, 5.74) is 0.579. The predicted molar refractivity (Wildman–Crippen MR) is 90.5 cm³/mol. The topological polar surface area (TPSA) is 57.6 Å². The van der Waals surface area contributed by atoms with Gasteiger partial charge in [0.15, 0.2) is 5.78 Å². The molecule has 1 aliphatic rings. The second kappa shape index (κ2) is 7.93. The Balaban J connectivity index is 1.93. The van der Waals surface area contributed by atoms with E-state index in [2.05, 4.69) is 0 Å². The lowest BCUT2D eigenvalue weighted by molar-refractivity contribution is -0.134. The van der Waals surface area contributed by atoms with Gasteiger partial charge in [0, 0.05) is 41.9 Å². The van der Waals surface area contributed by atoms with Gasteiger partial charge in [0.25, 0.3) is 0 Å². The lowest BCUT2D eigenvalue weighted by Gasteiger charge is -2.34. The van der Waals surface area contributed by atoms with Crippen LogP contribution in [0.1, 0.15) is 43.5 Å². The highest BCUT2D eigenvalue weighted by molar-refractivity contribution is 6.30. The Morgan fingerprint density at radius 1 is 1.30 bits per heavy atom. The first-order chi connectivity index (χ1) is 10.9. The fourth-order valence-corrected chi connectivity index (χ4v) is 3.14. The zero-order valence-corrected chi connectivity index (χ0v) is 14.4. The van der Waals surface area contributed by atoms with Crippen LogP contribution in [0.5, 0.6) is 0 Å². The lowest BCUT2D eigenvalue weighted by Crippen LogP contribution is -2.43. The standard InChI is InChI=1S/C18H24ClNO3/c1-12(18(23)14-5-7-16(19)8-6-14)10-17(22)20-9-3-4-15(11-20)13(2)21/h5-8,12-13,15,21H,3-4,9-11H2,1-2H3/t12-,13+,15+/m1/s1. The Kier molecular flexibility index (Phi) is 6.19. The van der Waals surface area contributed by atoms with E-state index in [1.807, 2.05) is 0 Å². The molecule has 2 rings (SSSR count). The molecule has 126 valence electrons. The molecule has 1 aromatic carbocycles. The Labute approximate surface area is 142 Å². The van der Waals surface area contributed by atoms with Gasteiger partial charge in [-0.25, -0.2) is 0 Å². The van der Waals surface area contributed by atoms with Gasteiger partial charge in [0.1, 0.15) is 0 Å². The van der Waals surface area contributed by atoms with Crippen LogP contribution < -0.4 is 0 Å². The Morgan fingerprint density at radius 2 is 1.96 bits per heavy atom. The van der Waals surface area contributed by atoms with E-state index in [0.29, 0.717) is 23.7 Å². The monoisotopic (exact) mass is 337 g/mol. The van der Waals surface area contributed by atoms with Crippen molar-refractivity contribution < 1.29 is 14.7 Å². The van der Waals surface area contributed by atoms with Crippen molar-refractivity contribution in [1.29, 1.82) is 0 Å². The van der Waals surface area contributed by atoms with Gasteiger partial charge < -0.3 is 10.0 Å². The van der Waals surface area contributed by atoms with E-state index in [-0.39, 0.29) is 29.9 Å². The number of nitrogens with zero attached hydrogens (tertiary/aromatic N) is 1. The Bertz CT molecular complexity index is 556. The summed E-state index contributed by atoms with van der Waals surface area (Å²) in [5, 5.41) is 10.3. The third kappa shape index (κ3) is 4.79. The number of Topliss-reactive ketones (excluding diaryl/α,β-unsaturated/α-hetero) is 1. The molecule has 0 spiro atoms. The molecular weight excluding hydrogens is 314 g/mol. The van der Waals surface area contributed by atoms with E-state index in [0.717, 1.165) is 12.8 Å². The van der Waals surface area contributed by atoms with Crippen molar-refractivity contribution in [3.63, 3.8) is 0 Å². The highest BCUT2D eigenvalue weighted by Gasteiger charge is 2.28. The molecule has 1 fully saturated rings. The molecule has 0 aromatic heterocycles. The smallest absolute Gasteiger partial charge is 0.223 e. The number of carbonyl (C=O) groups excluding carboxylic acids is 2. The number of aliphatic hydroxyl groups excluding tert-OH is 1. The largest absolute Gasteiger partial charge is 0.393 e. The number of likely N-dealkylation sites (tertiary alicyclic amines) is 1. The molecule has 1 heterocycles. The molecule has 1 aromatic rings. The van der Waals surface area contributed by atoms with Crippen LogP contribution in [0.15, 0.2) is 24.3 Å². The van der Waals surface area contributed by atoms with E-state index >= 15 is 0 Å². The van der Waals surface area contributed by atoms with Crippen molar-refractivity contribution in [3.05, 3.63) is 34.9 Å². The van der Waals surface area contributed by atoms with Crippen LogP contribution in [-0.4, -0.2) is 40.9 Å². The third-order valence-electron chi connectivity index (χ3n) is 4.55. The van der Waals surface area contributed by atoms with Crippen molar-refractivity contribution in [3.8, 4) is 0 Å². The fraction of sp³-hybridized carbons (Fsp3) is 0.556. The van der Waals surface area contributed by atoms with Crippen molar-refractivity contribution in [2.75, 3.05) is 13.1 Å². The van der Waals surface area contributed by atoms with E-state index < -0.39 is 6.10 Å². The number of carbonyl (C=O) groups is 2. The molecule has 0 aliphatic carbocycles. The van der Waals surface area contributed by atoms with Gasteiger partial charge in [0.2, 0.25) is 5.91 Å². The number of halogens is 1. The second-order valence-corrected chi connectivity index (χ2v) is 6.90. The predicted octanol–water partition coefficient (Wildman–Crippen LogP) is 3.17. The minimum Gasteiger partial charge on any atom is -0.393 e. The molecule has 3 atom stereocenters. The van der Waals surface area contributed by atoms with E-state index in [1.54, 1.807) is 43.0 Å². The minimum atomic E-state index is -0.404. The van der Waals surface area contributed by atoms with Crippen LogP contribution in [0, 0.1) is 11.8 Å². The minimum absolute atomic E-state index is 0.00911. The van der Waals surface area contributed by atoms with Crippen molar-refractivity contribution in [2.24, 2.45) is 11.8 Å². The van der Waals surface area contributed by atoms with E-state index in [4.69, 9.17) is 11.6 Å². The molecule has 0 unspecified atom stereocenters. The summed E-state index contributed by atoms with van der Waals surface area (Å²) in [4.78, 5) is 26.6. The third-order valence-corrected chi connectivity index (χ3v) is 4.80. The zero-order valence-electron chi connectivity index (χ0n) is 13.7. The number of aliphatic hydroxyl groups is 1. The zero-order chi connectivity index (χ0) is 17.0. The van der Waals surface area contributed by atoms with Crippen LogP contribution in [-0.2, 0) is 4.79 Å². The summed E-state index contributed by atoms with van der Waals surface area (Å²) in [6.45, 7) is 4.85. The number of hydrogen-bond donors (Lipinski definition) is 1. The first-order valence-corrected chi connectivity index (χ1v) is 8.52. The number of ketones is 1. The summed E-state index contributed by atoms with van der Waals surface area (Å²) >= 11 is 5.83. The molecule has 5 heteroatoms. The highest BCUT2D eigenvalue weighted by Crippen LogP contribution is 2.22. The Morgan fingerprint density at radius 3 is 2.57 bits per heavy atom. The second-order valence-electron chi connectivity index (χ2n) is 6.46. The summed E-state index contributed by atoms with van der Waals surface area (Å²) in [7, 11) is 0. The molecule has 0 bridgehead atoms. The highest BCUT2D eigenvalue weighted by atomic mass is 35.5. The summed E-state index contributed by atoms with van der Waals surface area (Å²) in [5.74, 6) is -0.283. The SMILES string of the molecule is C[C@H](CC(=O)N1CCC[C@H]([C@H](C)O)C1)C(=O)c1ccc(Cl)cc1. The average molecular weight is 338 g/mol. The van der Waals surface area contributed by atoms with Crippen LogP contribution in [0.3, 0.4) is 0 Å².